The van der Waals surface area contributed by atoms with Gasteiger partial charge in [0, 0.05) is 37.2 Å². The minimum Gasteiger partial charge on any atom is -0.496 e. The predicted molar refractivity (Wildman–Crippen MR) is 81.7 cm³/mol. The molecule has 4 nitrogen and oxygen atoms in total. The maximum Gasteiger partial charge on any atom is 0.123 e. The number of nitrogens with one attached hydrogen (secondary N) is 1. The number of benzene rings is 1. The Morgan fingerprint density at radius 1 is 1.45 bits per heavy atom. The van der Waals surface area contributed by atoms with Gasteiger partial charge in [-0.2, -0.15) is 0 Å². The van der Waals surface area contributed by atoms with Gasteiger partial charge in [0.25, 0.3) is 0 Å². The molecule has 0 saturated heterocycles. The van der Waals surface area contributed by atoms with Crippen LogP contribution in [0, 0.1) is 0 Å². The third-order valence-electron chi connectivity index (χ3n) is 3.82. The molecule has 1 heterocycles. The van der Waals surface area contributed by atoms with Crippen LogP contribution in [-0.4, -0.2) is 44.8 Å². The summed E-state index contributed by atoms with van der Waals surface area (Å²) in [6.07, 6.45) is 1.25. The summed E-state index contributed by atoms with van der Waals surface area (Å²) < 4.78 is 11.3. The number of fused-ring (bicyclic) bond motifs is 1. The van der Waals surface area contributed by atoms with Crippen LogP contribution in [0.4, 0.5) is 0 Å². The van der Waals surface area contributed by atoms with Crippen molar-refractivity contribution in [3.05, 3.63) is 23.3 Å². The molecule has 4 heteroatoms. The molecule has 0 aromatic heterocycles. The summed E-state index contributed by atoms with van der Waals surface area (Å²) in [4.78, 5) is 2.29. The van der Waals surface area contributed by atoms with Gasteiger partial charge in [-0.3, -0.25) is 0 Å². The minimum absolute atomic E-state index is 0.274. The smallest absolute Gasteiger partial charge is 0.123 e. The first-order chi connectivity index (χ1) is 9.63. The van der Waals surface area contributed by atoms with Crippen molar-refractivity contribution >= 4 is 0 Å². The molecule has 1 atom stereocenters. The lowest BCUT2D eigenvalue weighted by Crippen LogP contribution is -2.28. The summed E-state index contributed by atoms with van der Waals surface area (Å²) >= 11 is 0. The quantitative estimate of drug-likeness (QED) is 0.774. The highest BCUT2D eigenvalue weighted by molar-refractivity contribution is 5.48. The zero-order valence-electron chi connectivity index (χ0n) is 13.0. The molecular formula is C16H26N2O2. The molecule has 0 saturated carbocycles. The fraction of sp³-hybridized carbons (Fsp3) is 0.625. The maximum atomic E-state index is 5.82. The third kappa shape index (κ3) is 3.64. The van der Waals surface area contributed by atoms with Gasteiger partial charge >= 0.3 is 0 Å². The minimum atomic E-state index is 0.274. The zero-order chi connectivity index (χ0) is 14.5. The highest BCUT2D eigenvalue weighted by atomic mass is 16.5. The van der Waals surface area contributed by atoms with E-state index in [1.54, 1.807) is 7.11 Å². The molecule has 1 aromatic carbocycles. The molecule has 112 valence electrons. The van der Waals surface area contributed by atoms with E-state index >= 15 is 0 Å². The normalized spacial score (nSPS) is 17.1. The van der Waals surface area contributed by atoms with Gasteiger partial charge in [-0.25, -0.2) is 0 Å². The van der Waals surface area contributed by atoms with Gasteiger partial charge in [0.1, 0.15) is 17.6 Å². The van der Waals surface area contributed by atoms with E-state index in [2.05, 4.69) is 43.2 Å². The van der Waals surface area contributed by atoms with Crippen molar-refractivity contribution < 1.29 is 9.47 Å². The summed E-state index contributed by atoms with van der Waals surface area (Å²) in [6.45, 7) is 8.19. The van der Waals surface area contributed by atoms with Crippen LogP contribution in [0.3, 0.4) is 0 Å². The van der Waals surface area contributed by atoms with E-state index in [1.165, 1.54) is 11.1 Å². The molecule has 0 amide bonds. The van der Waals surface area contributed by atoms with Gasteiger partial charge in [0.15, 0.2) is 0 Å². The van der Waals surface area contributed by atoms with Crippen LogP contribution in [0.5, 0.6) is 11.5 Å². The van der Waals surface area contributed by atoms with Gasteiger partial charge in [0.2, 0.25) is 0 Å². The second-order valence-electron chi connectivity index (χ2n) is 5.48. The van der Waals surface area contributed by atoms with Crippen LogP contribution in [0.25, 0.3) is 0 Å². The van der Waals surface area contributed by atoms with E-state index in [-0.39, 0.29) is 6.10 Å². The Morgan fingerprint density at radius 3 is 2.95 bits per heavy atom. The first-order valence-electron chi connectivity index (χ1n) is 7.39. The van der Waals surface area contributed by atoms with Gasteiger partial charge < -0.3 is 19.7 Å². The average Bonchev–Trinajstić information content (AvgIpc) is 2.81. The van der Waals surface area contributed by atoms with Gasteiger partial charge in [-0.15, -0.1) is 0 Å². The SMILES string of the molecule is CCN(C)CCNCc1cc2c(cc1OC)CC(C)O2. The van der Waals surface area contributed by atoms with Crippen LogP contribution >= 0.6 is 0 Å². The highest BCUT2D eigenvalue weighted by Crippen LogP contribution is 2.34. The molecule has 0 radical (unpaired) electrons. The largest absolute Gasteiger partial charge is 0.496 e. The Kier molecular flexibility index (Phi) is 5.26. The number of nitrogens with zero attached hydrogens (tertiary/aromatic N) is 1. The maximum absolute atomic E-state index is 5.82. The summed E-state index contributed by atoms with van der Waals surface area (Å²) in [5.74, 6) is 1.97. The lowest BCUT2D eigenvalue weighted by molar-refractivity contribution is 0.254. The molecule has 1 aliphatic heterocycles. The summed E-state index contributed by atoms with van der Waals surface area (Å²) in [6, 6.07) is 4.24. The number of ether oxygens (including phenoxy) is 2. The van der Waals surface area contributed by atoms with Crippen molar-refractivity contribution in [3.63, 3.8) is 0 Å². The summed E-state index contributed by atoms with van der Waals surface area (Å²) in [5.41, 5.74) is 2.42. The molecule has 1 aromatic rings. The fourth-order valence-corrected chi connectivity index (χ4v) is 2.46. The molecular weight excluding hydrogens is 252 g/mol. The standard InChI is InChI=1S/C16H26N2O2/c1-5-18(3)7-6-17-11-14-10-16-13(8-12(2)20-16)9-15(14)19-4/h9-10,12,17H,5-8,11H2,1-4H3. The number of hydrogen-bond donors (Lipinski definition) is 1. The number of rotatable bonds is 7. The van der Waals surface area contributed by atoms with Crippen LogP contribution in [0.2, 0.25) is 0 Å². The molecule has 1 aliphatic rings. The van der Waals surface area contributed by atoms with Crippen molar-refractivity contribution in [2.75, 3.05) is 33.8 Å². The van der Waals surface area contributed by atoms with Crippen LogP contribution in [0.15, 0.2) is 12.1 Å². The Hall–Kier alpha value is -1.26. The third-order valence-corrected chi connectivity index (χ3v) is 3.82. The first-order valence-corrected chi connectivity index (χ1v) is 7.39. The molecule has 0 spiro atoms. The summed E-state index contributed by atoms with van der Waals surface area (Å²) in [7, 11) is 3.86. The second-order valence-corrected chi connectivity index (χ2v) is 5.48. The average molecular weight is 278 g/mol. The molecule has 0 fully saturated rings. The van der Waals surface area contributed by atoms with Crippen molar-refractivity contribution in [1.29, 1.82) is 0 Å². The molecule has 0 aliphatic carbocycles. The van der Waals surface area contributed by atoms with Crippen molar-refractivity contribution in [2.45, 2.75) is 32.9 Å². The van der Waals surface area contributed by atoms with E-state index in [9.17, 15) is 0 Å². The zero-order valence-corrected chi connectivity index (χ0v) is 13.0. The monoisotopic (exact) mass is 278 g/mol. The topological polar surface area (TPSA) is 33.7 Å². The van der Waals surface area contributed by atoms with Crippen LogP contribution < -0.4 is 14.8 Å². The van der Waals surface area contributed by atoms with E-state index in [1.807, 2.05) is 0 Å². The molecule has 0 bridgehead atoms. The van der Waals surface area contributed by atoms with Crippen molar-refractivity contribution in [3.8, 4) is 11.5 Å². The molecule has 2 rings (SSSR count). The Balaban J connectivity index is 1.95. The first kappa shape index (κ1) is 15.1. The lowest BCUT2D eigenvalue weighted by atomic mass is 10.1. The Labute approximate surface area is 122 Å². The summed E-state index contributed by atoms with van der Waals surface area (Å²) in [5, 5.41) is 3.47. The molecule has 1 unspecified atom stereocenters. The van der Waals surface area contributed by atoms with Crippen molar-refractivity contribution in [2.24, 2.45) is 0 Å². The van der Waals surface area contributed by atoms with Gasteiger partial charge in [-0.1, -0.05) is 6.92 Å². The van der Waals surface area contributed by atoms with E-state index < -0.39 is 0 Å². The van der Waals surface area contributed by atoms with E-state index in [0.29, 0.717) is 0 Å². The van der Waals surface area contributed by atoms with Crippen molar-refractivity contribution in [1.82, 2.24) is 10.2 Å². The predicted octanol–water partition coefficient (Wildman–Crippen LogP) is 2.06. The lowest BCUT2D eigenvalue weighted by Gasteiger charge is -2.15. The van der Waals surface area contributed by atoms with Gasteiger partial charge in [0.05, 0.1) is 7.11 Å². The second kappa shape index (κ2) is 6.95. The molecule has 20 heavy (non-hydrogen) atoms. The molecule has 1 N–H and O–H groups in total. The fourth-order valence-electron chi connectivity index (χ4n) is 2.46. The Morgan fingerprint density at radius 2 is 2.25 bits per heavy atom. The number of hydrogen-bond acceptors (Lipinski definition) is 4. The van der Waals surface area contributed by atoms with Crippen LogP contribution in [-0.2, 0) is 13.0 Å². The van der Waals surface area contributed by atoms with Crippen LogP contribution in [0.1, 0.15) is 25.0 Å². The van der Waals surface area contributed by atoms with E-state index in [0.717, 1.165) is 44.1 Å². The Bertz CT molecular complexity index is 448. The number of methoxy groups -OCH3 is 1. The highest BCUT2D eigenvalue weighted by Gasteiger charge is 2.21. The number of likely N-dealkylation sites (N-methyl/N-ethyl adjacent to an activating group) is 1. The van der Waals surface area contributed by atoms with E-state index in [4.69, 9.17) is 9.47 Å². The van der Waals surface area contributed by atoms with Gasteiger partial charge in [-0.05, 0) is 32.6 Å².